The van der Waals surface area contributed by atoms with Gasteiger partial charge in [-0.05, 0) is 51.9 Å². The predicted molar refractivity (Wildman–Crippen MR) is 96.2 cm³/mol. The number of esters is 2. The molecule has 0 bridgehead atoms. The lowest BCUT2D eigenvalue weighted by molar-refractivity contribution is -0.163. The molecule has 144 valence electrons. The van der Waals surface area contributed by atoms with Crippen molar-refractivity contribution in [2.75, 3.05) is 13.7 Å². The van der Waals surface area contributed by atoms with Gasteiger partial charge in [-0.25, -0.2) is 4.79 Å². The first-order valence-corrected chi connectivity index (χ1v) is 9.29. The van der Waals surface area contributed by atoms with Crippen LogP contribution in [0.5, 0.6) is 0 Å². The number of ether oxygens (including phenoxy) is 2. The Balaban J connectivity index is 2.13. The lowest BCUT2D eigenvalue weighted by Crippen LogP contribution is -2.59. The molecule has 6 heteroatoms. The van der Waals surface area contributed by atoms with Crippen LogP contribution in [0.25, 0.3) is 0 Å². The Bertz CT molecular complexity index is 502. The zero-order valence-corrected chi connectivity index (χ0v) is 16.5. The average molecular weight is 354 g/mol. The number of hydrogen-bond donors (Lipinski definition) is 2. The van der Waals surface area contributed by atoms with E-state index >= 15 is 0 Å². The Morgan fingerprint density at radius 1 is 1.16 bits per heavy atom. The fraction of sp³-hybridized carbons (Fsp3) is 0.895. The number of methoxy groups -OCH3 is 1. The van der Waals surface area contributed by atoms with Crippen LogP contribution in [0.15, 0.2) is 0 Å². The first-order chi connectivity index (χ1) is 11.5. The van der Waals surface area contributed by atoms with E-state index in [9.17, 15) is 9.59 Å². The van der Waals surface area contributed by atoms with E-state index in [1.54, 1.807) is 0 Å². The van der Waals surface area contributed by atoms with Crippen LogP contribution in [0, 0.1) is 5.41 Å². The maximum Gasteiger partial charge on any atom is 0.328 e. The summed E-state index contributed by atoms with van der Waals surface area (Å²) in [7, 11) is 1.37. The molecule has 0 spiro atoms. The van der Waals surface area contributed by atoms with Gasteiger partial charge < -0.3 is 14.8 Å². The predicted octanol–water partition coefficient (Wildman–Crippen LogP) is 2.16. The van der Waals surface area contributed by atoms with Crippen LogP contribution in [-0.4, -0.2) is 48.8 Å². The summed E-state index contributed by atoms with van der Waals surface area (Å²) >= 11 is 0. The van der Waals surface area contributed by atoms with Crippen molar-refractivity contribution < 1.29 is 19.1 Å². The van der Waals surface area contributed by atoms with Crippen LogP contribution < -0.4 is 10.6 Å². The molecule has 0 radical (unpaired) electrons. The third kappa shape index (κ3) is 5.17. The van der Waals surface area contributed by atoms with E-state index < -0.39 is 17.2 Å². The highest BCUT2D eigenvalue weighted by Gasteiger charge is 2.51. The third-order valence-electron chi connectivity index (χ3n) is 5.30. The van der Waals surface area contributed by atoms with E-state index in [0.717, 1.165) is 25.7 Å². The van der Waals surface area contributed by atoms with Crippen molar-refractivity contribution >= 4 is 11.9 Å². The quantitative estimate of drug-likeness (QED) is 0.754. The summed E-state index contributed by atoms with van der Waals surface area (Å²) < 4.78 is 10.5. The van der Waals surface area contributed by atoms with Crippen molar-refractivity contribution in [2.45, 2.75) is 89.9 Å². The molecule has 0 aromatic heterocycles. The molecule has 1 aliphatic carbocycles. The normalized spacial score (nSPS) is 30.1. The molecule has 2 N–H and O–H groups in total. The Morgan fingerprint density at radius 2 is 1.76 bits per heavy atom. The third-order valence-corrected chi connectivity index (χ3v) is 5.30. The number of carbonyl (C=O) groups is 2. The zero-order chi connectivity index (χ0) is 18.9. The minimum Gasteiger partial charge on any atom is -0.468 e. The summed E-state index contributed by atoms with van der Waals surface area (Å²) in [5.74, 6) is -0.624. The van der Waals surface area contributed by atoms with Gasteiger partial charge >= 0.3 is 11.9 Å². The highest BCUT2D eigenvalue weighted by Crippen LogP contribution is 2.36. The molecule has 1 heterocycles. The van der Waals surface area contributed by atoms with Crippen LogP contribution in [0.1, 0.15) is 66.7 Å². The van der Waals surface area contributed by atoms with Crippen molar-refractivity contribution in [3.8, 4) is 0 Å². The van der Waals surface area contributed by atoms with E-state index in [2.05, 4.69) is 24.5 Å². The second-order valence-electron chi connectivity index (χ2n) is 9.33. The molecule has 2 atom stereocenters. The molecule has 25 heavy (non-hydrogen) atoms. The van der Waals surface area contributed by atoms with Gasteiger partial charge in [0.25, 0.3) is 0 Å². The van der Waals surface area contributed by atoms with Crippen molar-refractivity contribution in [2.24, 2.45) is 5.41 Å². The van der Waals surface area contributed by atoms with Crippen LogP contribution in [0.4, 0.5) is 0 Å². The Morgan fingerprint density at radius 3 is 2.28 bits per heavy atom. The first kappa shape index (κ1) is 20.2. The summed E-state index contributed by atoms with van der Waals surface area (Å²) in [4.78, 5) is 24.9. The van der Waals surface area contributed by atoms with Gasteiger partial charge in [0, 0.05) is 19.0 Å². The van der Waals surface area contributed by atoms with Gasteiger partial charge in [-0.15, -0.1) is 0 Å². The van der Waals surface area contributed by atoms with Gasteiger partial charge in [0.1, 0.15) is 17.2 Å². The highest BCUT2D eigenvalue weighted by molar-refractivity contribution is 5.85. The molecule has 2 aliphatic rings. The highest BCUT2D eigenvalue weighted by atomic mass is 16.6. The summed E-state index contributed by atoms with van der Waals surface area (Å²) in [6.07, 6.45) is 4.67. The molecule has 0 aromatic carbocycles. The van der Waals surface area contributed by atoms with Gasteiger partial charge in [-0.1, -0.05) is 13.8 Å². The number of carbonyl (C=O) groups excluding carboxylic acids is 2. The second-order valence-corrected chi connectivity index (χ2v) is 9.33. The largest absolute Gasteiger partial charge is 0.468 e. The second kappa shape index (κ2) is 7.23. The molecular weight excluding hydrogens is 320 g/mol. The van der Waals surface area contributed by atoms with Crippen molar-refractivity contribution in [1.82, 2.24) is 10.6 Å². The topological polar surface area (TPSA) is 76.7 Å². The summed E-state index contributed by atoms with van der Waals surface area (Å²) in [5.41, 5.74) is -1.08. The molecule has 1 saturated carbocycles. The first-order valence-electron chi connectivity index (χ1n) is 9.29. The molecule has 1 aliphatic heterocycles. The molecule has 0 aromatic rings. The SMILES string of the molecule is COC(=O)[C@@H]1C[C@@](NC2CCC(C)(C)CC2)(C(=O)OC(C)(C)C)CN1. The van der Waals surface area contributed by atoms with Gasteiger partial charge in [0.2, 0.25) is 0 Å². The number of nitrogens with one attached hydrogen (secondary N) is 2. The molecular formula is C19H34N2O4. The summed E-state index contributed by atoms with van der Waals surface area (Å²) in [6, 6.07) is -0.219. The fourth-order valence-electron chi connectivity index (χ4n) is 3.73. The Hall–Kier alpha value is -1.14. The Labute approximate surface area is 151 Å². The summed E-state index contributed by atoms with van der Waals surface area (Å²) in [5, 5.41) is 6.69. The van der Waals surface area contributed by atoms with E-state index in [1.165, 1.54) is 7.11 Å². The number of rotatable bonds is 4. The van der Waals surface area contributed by atoms with E-state index in [4.69, 9.17) is 9.47 Å². The minimum absolute atomic E-state index is 0.263. The maximum absolute atomic E-state index is 13.0. The Kier molecular flexibility index (Phi) is 5.84. The smallest absolute Gasteiger partial charge is 0.328 e. The molecule has 1 saturated heterocycles. The van der Waals surface area contributed by atoms with Gasteiger partial charge in [0.05, 0.1) is 7.11 Å². The maximum atomic E-state index is 13.0. The van der Waals surface area contributed by atoms with E-state index in [0.29, 0.717) is 18.4 Å². The van der Waals surface area contributed by atoms with Crippen molar-refractivity contribution in [1.29, 1.82) is 0 Å². The van der Waals surface area contributed by atoms with Gasteiger partial charge in [0.15, 0.2) is 0 Å². The number of hydrogen-bond acceptors (Lipinski definition) is 6. The molecule has 2 fully saturated rings. The zero-order valence-electron chi connectivity index (χ0n) is 16.5. The van der Waals surface area contributed by atoms with Crippen LogP contribution in [0.2, 0.25) is 0 Å². The lowest BCUT2D eigenvalue weighted by atomic mass is 9.75. The monoisotopic (exact) mass is 354 g/mol. The molecule has 0 unspecified atom stereocenters. The molecule has 0 amide bonds. The standard InChI is InChI=1S/C19H34N2O4/c1-17(2,3)25-16(23)19(11-14(20-12-19)15(22)24-6)21-13-7-9-18(4,5)10-8-13/h13-14,20-21H,7-12H2,1-6H3/t14-,19-/m0/s1. The average Bonchev–Trinajstić information content (AvgIpc) is 2.92. The van der Waals surface area contributed by atoms with Crippen molar-refractivity contribution in [3.05, 3.63) is 0 Å². The molecule has 6 nitrogen and oxygen atoms in total. The summed E-state index contributed by atoms with van der Waals surface area (Å²) in [6.45, 7) is 10.5. The lowest BCUT2D eigenvalue weighted by Gasteiger charge is -2.40. The van der Waals surface area contributed by atoms with Gasteiger partial charge in [-0.2, -0.15) is 0 Å². The van der Waals surface area contributed by atoms with E-state index in [-0.39, 0.29) is 18.0 Å². The van der Waals surface area contributed by atoms with Crippen LogP contribution in [-0.2, 0) is 19.1 Å². The molecule has 2 rings (SSSR count). The fourth-order valence-corrected chi connectivity index (χ4v) is 3.73. The van der Waals surface area contributed by atoms with Crippen molar-refractivity contribution in [3.63, 3.8) is 0 Å². The minimum atomic E-state index is -0.877. The van der Waals surface area contributed by atoms with E-state index in [1.807, 2.05) is 20.8 Å². The van der Waals surface area contributed by atoms with Crippen LogP contribution in [0.3, 0.4) is 0 Å². The van der Waals surface area contributed by atoms with Crippen LogP contribution >= 0.6 is 0 Å². The van der Waals surface area contributed by atoms with Gasteiger partial charge in [-0.3, -0.25) is 10.1 Å².